The summed E-state index contributed by atoms with van der Waals surface area (Å²) in [6, 6.07) is 5.75. The van der Waals surface area contributed by atoms with E-state index in [0.29, 0.717) is 0 Å². The van der Waals surface area contributed by atoms with Crippen LogP contribution in [0.15, 0.2) is 36.8 Å². The summed E-state index contributed by atoms with van der Waals surface area (Å²) in [4.78, 5) is 13.8. The smallest absolute Gasteiger partial charge is 0.180 e. The highest BCUT2D eigenvalue weighted by Crippen LogP contribution is 2.34. The second-order valence-corrected chi connectivity index (χ2v) is 6.71. The first-order chi connectivity index (χ1) is 13.7. The van der Waals surface area contributed by atoms with Crippen LogP contribution in [-0.4, -0.2) is 77.9 Å². The standard InChI is InChI=1S/C20H25N5O3/c1-27-15-3-4-16(18(13-15)28-2)17-14-22-19(20-21-5-6-25(17)20)24-9-7-23(8-10-24)11-12-26/h3-6,13-14,26H,7-12H2,1-2H3. The summed E-state index contributed by atoms with van der Waals surface area (Å²) in [5.41, 5.74) is 2.67. The van der Waals surface area contributed by atoms with Gasteiger partial charge in [-0.3, -0.25) is 9.30 Å². The maximum Gasteiger partial charge on any atom is 0.180 e. The Labute approximate surface area is 164 Å². The second-order valence-electron chi connectivity index (χ2n) is 6.71. The fraction of sp³-hybridized carbons (Fsp3) is 0.400. The Kier molecular flexibility index (Phi) is 5.31. The van der Waals surface area contributed by atoms with Gasteiger partial charge in [-0.15, -0.1) is 0 Å². The Balaban J connectivity index is 1.69. The summed E-state index contributed by atoms with van der Waals surface area (Å²) in [7, 11) is 3.29. The van der Waals surface area contributed by atoms with Crippen molar-refractivity contribution in [3.8, 4) is 22.8 Å². The molecule has 1 aromatic carbocycles. The van der Waals surface area contributed by atoms with Gasteiger partial charge in [0.05, 0.1) is 32.7 Å². The maximum atomic E-state index is 9.13. The van der Waals surface area contributed by atoms with E-state index in [2.05, 4.69) is 14.8 Å². The number of fused-ring (bicyclic) bond motifs is 1. The highest BCUT2D eigenvalue weighted by Gasteiger charge is 2.22. The van der Waals surface area contributed by atoms with Crippen LogP contribution in [0.4, 0.5) is 5.82 Å². The third-order valence-corrected chi connectivity index (χ3v) is 5.18. The van der Waals surface area contributed by atoms with Gasteiger partial charge in [0.25, 0.3) is 0 Å². The van der Waals surface area contributed by atoms with Gasteiger partial charge in [0, 0.05) is 56.7 Å². The molecule has 4 rings (SSSR count). The molecule has 0 atom stereocenters. The molecule has 0 saturated carbocycles. The van der Waals surface area contributed by atoms with Crippen molar-refractivity contribution < 1.29 is 14.6 Å². The molecule has 0 spiro atoms. The minimum Gasteiger partial charge on any atom is -0.497 e. The molecule has 0 unspecified atom stereocenters. The molecular formula is C20H25N5O3. The number of aliphatic hydroxyl groups is 1. The van der Waals surface area contributed by atoms with Crippen molar-refractivity contribution in [2.24, 2.45) is 0 Å². The molecule has 1 saturated heterocycles. The molecule has 8 heteroatoms. The lowest BCUT2D eigenvalue weighted by Crippen LogP contribution is -2.47. The molecule has 0 amide bonds. The maximum absolute atomic E-state index is 9.13. The minimum absolute atomic E-state index is 0.196. The van der Waals surface area contributed by atoms with E-state index in [1.807, 2.05) is 35.0 Å². The molecule has 1 fully saturated rings. The van der Waals surface area contributed by atoms with E-state index in [9.17, 15) is 0 Å². The van der Waals surface area contributed by atoms with Crippen LogP contribution >= 0.6 is 0 Å². The molecule has 148 valence electrons. The summed E-state index contributed by atoms with van der Waals surface area (Å²) in [6.45, 7) is 4.45. The number of ether oxygens (including phenoxy) is 2. The number of benzene rings is 1. The average molecular weight is 383 g/mol. The zero-order valence-electron chi connectivity index (χ0n) is 16.2. The molecule has 2 aromatic heterocycles. The lowest BCUT2D eigenvalue weighted by atomic mass is 10.1. The zero-order chi connectivity index (χ0) is 19.5. The van der Waals surface area contributed by atoms with Crippen LogP contribution in [0.3, 0.4) is 0 Å². The highest BCUT2D eigenvalue weighted by atomic mass is 16.5. The molecule has 0 bridgehead atoms. The number of methoxy groups -OCH3 is 2. The Hall–Kier alpha value is -2.84. The Morgan fingerprint density at radius 3 is 2.61 bits per heavy atom. The fourth-order valence-corrected chi connectivity index (χ4v) is 3.66. The van der Waals surface area contributed by atoms with E-state index < -0.39 is 0 Å². The topological polar surface area (TPSA) is 75.4 Å². The Bertz CT molecular complexity index is 950. The van der Waals surface area contributed by atoms with Crippen LogP contribution in [0.25, 0.3) is 16.9 Å². The number of imidazole rings is 1. The third-order valence-electron chi connectivity index (χ3n) is 5.18. The van der Waals surface area contributed by atoms with Gasteiger partial charge >= 0.3 is 0 Å². The number of aromatic nitrogens is 3. The zero-order valence-corrected chi connectivity index (χ0v) is 16.2. The van der Waals surface area contributed by atoms with Crippen molar-refractivity contribution in [1.82, 2.24) is 19.3 Å². The summed E-state index contributed by atoms with van der Waals surface area (Å²) >= 11 is 0. The Morgan fingerprint density at radius 2 is 1.89 bits per heavy atom. The predicted octanol–water partition coefficient (Wildman–Crippen LogP) is 1.53. The predicted molar refractivity (Wildman–Crippen MR) is 107 cm³/mol. The van der Waals surface area contributed by atoms with Gasteiger partial charge in [0.1, 0.15) is 11.5 Å². The number of β-amino-alcohol motifs (C(OH)–C–C–N with tert-alkyl or cyclic N) is 1. The quantitative estimate of drug-likeness (QED) is 0.692. The largest absolute Gasteiger partial charge is 0.497 e. The van der Waals surface area contributed by atoms with E-state index in [1.165, 1.54) is 0 Å². The Morgan fingerprint density at radius 1 is 1.07 bits per heavy atom. The summed E-state index contributed by atoms with van der Waals surface area (Å²) in [5, 5.41) is 9.13. The minimum atomic E-state index is 0.196. The average Bonchev–Trinajstić information content (AvgIpc) is 3.23. The van der Waals surface area contributed by atoms with Gasteiger partial charge in [0.15, 0.2) is 11.5 Å². The second kappa shape index (κ2) is 8.04. The molecule has 8 nitrogen and oxygen atoms in total. The summed E-state index contributed by atoms with van der Waals surface area (Å²) < 4.78 is 12.9. The number of hydrogen-bond donors (Lipinski definition) is 1. The molecular weight excluding hydrogens is 358 g/mol. The molecule has 1 aliphatic heterocycles. The van der Waals surface area contributed by atoms with Crippen LogP contribution < -0.4 is 14.4 Å². The first kappa shape index (κ1) is 18.5. The van der Waals surface area contributed by atoms with E-state index in [1.54, 1.807) is 20.4 Å². The molecule has 1 N–H and O–H groups in total. The van der Waals surface area contributed by atoms with E-state index in [4.69, 9.17) is 19.6 Å². The number of aliphatic hydroxyl groups excluding tert-OH is 1. The van der Waals surface area contributed by atoms with E-state index in [0.717, 1.165) is 66.9 Å². The third kappa shape index (κ3) is 3.36. The molecule has 1 aliphatic rings. The van der Waals surface area contributed by atoms with Gasteiger partial charge in [-0.25, -0.2) is 9.97 Å². The van der Waals surface area contributed by atoms with Gasteiger partial charge in [-0.1, -0.05) is 0 Å². The molecule has 0 radical (unpaired) electrons. The summed E-state index contributed by atoms with van der Waals surface area (Å²) in [5.74, 6) is 2.35. The lowest BCUT2D eigenvalue weighted by molar-refractivity contribution is 0.188. The lowest BCUT2D eigenvalue weighted by Gasteiger charge is -2.35. The van der Waals surface area contributed by atoms with Crippen molar-refractivity contribution in [3.05, 3.63) is 36.8 Å². The SMILES string of the molecule is COc1ccc(-c2cnc(N3CCN(CCO)CC3)c3nccn23)c(OC)c1. The van der Waals surface area contributed by atoms with Gasteiger partial charge in [0.2, 0.25) is 0 Å². The van der Waals surface area contributed by atoms with Crippen molar-refractivity contribution in [2.45, 2.75) is 0 Å². The van der Waals surface area contributed by atoms with Crippen LogP contribution in [-0.2, 0) is 0 Å². The van der Waals surface area contributed by atoms with Crippen LogP contribution in [0.5, 0.6) is 11.5 Å². The molecule has 3 aromatic rings. The fourth-order valence-electron chi connectivity index (χ4n) is 3.66. The number of anilines is 1. The van der Waals surface area contributed by atoms with Crippen molar-refractivity contribution in [2.75, 3.05) is 58.5 Å². The number of piperazine rings is 1. The first-order valence-corrected chi connectivity index (χ1v) is 9.37. The highest BCUT2D eigenvalue weighted by molar-refractivity contribution is 5.75. The monoisotopic (exact) mass is 383 g/mol. The van der Waals surface area contributed by atoms with Crippen molar-refractivity contribution >= 4 is 11.5 Å². The number of rotatable bonds is 6. The molecule has 28 heavy (non-hydrogen) atoms. The van der Waals surface area contributed by atoms with Crippen molar-refractivity contribution in [1.29, 1.82) is 0 Å². The van der Waals surface area contributed by atoms with Gasteiger partial charge in [-0.2, -0.15) is 0 Å². The van der Waals surface area contributed by atoms with Gasteiger partial charge in [-0.05, 0) is 12.1 Å². The first-order valence-electron chi connectivity index (χ1n) is 9.37. The number of hydrogen-bond acceptors (Lipinski definition) is 7. The van der Waals surface area contributed by atoms with Crippen molar-refractivity contribution in [3.63, 3.8) is 0 Å². The normalized spacial score (nSPS) is 15.2. The molecule has 0 aliphatic carbocycles. The van der Waals surface area contributed by atoms with E-state index in [-0.39, 0.29) is 6.61 Å². The van der Waals surface area contributed by atoms with Crippen LogP contribution in [0, 0.1) is 0 Å². The van der Waals surface area contributed by atoms with Crippen LogP contribution in [0.1, 0.15) is 0 Å². The van der Waals surface area contributed by atoms with Crippen LogP contribution in [0.2, 0.25) is 0 Å². The van der Waals surface area contributed by atoms with E-state index >= 15 is 0 Å². The van der Waals surface area contributed by atoms with Gasteiger partial charge < -0.3 is 19.5 Å². The summed E-state index contributed by atoms with van der Waals surface area (Å²) in [6.07, 6.45) is 5.61. The number of nitrogens with zero attached hydrogens (tertiary/aromatic N) is 5. The molecule has 3 heterocycles.